The summed E-state index contributed by atoms with van der Waals surface area (Å²) in [6, 6.07) is 1.96. The number of anilines is 1. The molecule has 0 saturated heterocycles. The number of nitrogens with zero attached hydrogens (tertiary/aromatic N) is 3. The fourth-order valence-corrected chi connectivity index (χ4v) is 2.31. The van der Waals surface area contributed by atoms with E-state index in [1.165, 1.54) is 11.3 Å². The van der Waals surface area contributed by atoms with E-state index in [9.17, 15) is 0 Å². The van der Waals surface area contributed by atoms with Crippen molar-refractivity contribution in [3.8, 4) is 10.8 Å². The highest BCUT2D eigenvalue weighted by Crippen LogP contribution is 2.26. The molecule has 2 aromatic heterocycles. The lowest BCUT2D eigenvalue weighted by Gasteiger charge is -2.05. The predicted octanol–water partition coefficient (Wildman–Crippen LogP) is 3.25. The highest BCUT2D eigenvalue weighted by Gasteiger charge is 2.09. The van der Waals surface area contributed by atoms with Crippen LogP contribution in [0.25, 0.3) is 10.8 Å². The standard InChI is InChI=1S/C11H13ClN4S/c1-3-4-7-5-9(13-2)16-10(15-7)11-14-6-8(12)17-11/h5-6H,3-4H2,1-2H3,(H,13,15,16). The Bertz CT molecular complexity index is 512. The number of nitrogens with one attached hydrogen (secondary N) is 1. The summed E-state index contributed by atoms with van der Waals surface area (Å²) in [6.07, 6.45) is 3.61. The second kappa shape index (κ2) is 5.42. The van der Waals surface area contributed by atoms with Crippen LogP contribution in [0, 0.1) is 0 Å². The first-order valence-corrected chi connectivity index (χ1v) is 6.59. The van der Waals surface area contributed by atoms with Gasteiger partial charge in [0.2, 0.25) is 0 Å². The number of hydrogen-bond acceptors (Lipinski definition) is 5. The van der Waals surface area contributed by atoms with E-state index in [0.717, 1.165) is 29.4 Å². The molecular formula is C11H13ClN4S. The van der Waals surface area contributed by atoms with Gasteiger partial charge in [-0.3, -0.25) is 0 Å². The molecule has 0 aliphatic rings. The molecule has 6 heteroatoms. The SMILES string of the molecule is CCCc1cc(NC)nc(-c2ncc(Cl)s2)n1. The Hall–Kier alpha value is -1.20. The van der Waals surface area contributed by atoms with Crippen LogP contribution in [0.15, 0.2) is 12.3 Å². The van der Waals surface area contributed by atoms with Crippen LogP contribution in [0.1, 0.15) is 19.0 Å². The fourth-order valence-electron chi connectivity index (χ4n) is 1.46. The molecule has 4 nitrogen and oxygen atoms in total. The van der Waals surface area contributed by atoms with Gasteiger partial charge < -0.3 is 5.32 Å². The molecule has 0 bridgehead atoms. The maximum Gasteiger partial charge on any atom is 0.190 e. The first-order valence-electron chi connectivity index (χ1n) is 5.40. The lowest BCUT2D eigenvalue weighted by Crippen LogP contribution is -2.00. The highest BCUT2D eigenvalue weighted by atomic mass is 35.5. The van der Waals surface area contributed by atoms with Gasteiger partial charge in [-0.25, -0.2) is 15.0 Å². The van der Waals surface area contributed by atoms with Crippen LogP contribution in [0.3, 0.4) is 0 Å². The summed E-state index contributed by atoms with van der Waals surface area (Å²) in [5.41, 5.74) is 1.02. The van der Waals surface area contributed by atoms with Crippen LogP contribution in [0.4, 0.5) is 5.82 Å². The molecule has 0 radical (unpaired) electrons. The maximum atomic E-state index is 5.87. The molecule has 90 valence electrons. The number of thiazole rings is 1. The third-order valence-corrected chi connectivity index (χ3v) is 3.32. The summed E-state index contributed by atoms with van der Waals surface area (Å²) in [6.45, 7) is 2.13. The van der Waals surface area contributed by atoms with E-state index >= 15 is 0 Å². The molecule has 0 unspecified atom stereocenters. The zero-order valence-corrected chi connectivity index (χ0v) is 11.3. The average Bonchev–Trinajstić information content (AvgIpc) is 2.76. The van der Waals surface area contributed by atoms with Gasteiger partial charge in [0.05, 0.1) is 6.20 Å². The minimum atomic E-state index is 0.636. The van der Waals surface area contributed by atoms with E-state index in [0.29, 0.717) is 10.2 Å². The fraction of sp³-hybridized carbons (Fsp3) is 0.364. The summed E-state index contributed by atoms with van der Waals surface area (Å²) in [4.78, 5) is 13.1. The van der Waals surface area contributed by atoms with E-state index in [-0.39, 0.29) is 0 Å². The molecule has 1 N–H and O–H groups in total. The van der Waals surface area contributed by atoms with Crippen LogP contribution in [-0.2, 0) is 6.42 Å². The molecule has 0 fully saturated rings. The van der Waals surface area contributed by atoms with Crippen LogP contribution >= 0.6 is 22.9 Å². The molecule has 17 heavy (non-hydrogen) atoms. The molecule has 0 aromatic carbocycles. The van der Waals surface area contributed by atoms with Crippen molar-refractivity contribution in [3.63, 3.8) is 0 Å². The normalized spacial score (nSPS) is 10.5. The second-order valence-electron chi connectivity index (χ2n) is 3.54. The van der Waals surface area contributed by atoms with Crippen LogP contribution in [-0.4, -0.2) is 22.0 Å². The van der Waals surface area contributed by atoms with E-state index in [1.54, 1.807) is 6.20 Å². The molecule has 0 atom stereocenters. The highest BCUT2D eigenvalue weighted by molar-refractivity contribution is 7.18. The van der Waals surface area contributed by atoms with Gasteiger partial charge in [-0.1, -0.05) is 36.3 Å². The molecular weight excluding hydrogens is 256 g/mol. The van der Waals surface area contributed by atoms with Crippen molar-refractivity contribution in [2.24, 2.45) is 0 Å². The zero-order chi connectivity index (χ0) is 12.3. The van der Waals surface area contributed by atoms with Crippen molar-refractivity contribution in [3.05, 3.63) is 22.3 Å². The summed E-state index contributed by atoms with van der Waals surface area (Å²) < 4.78 is 0.649. The molecule has 0 spiro atoms. The topological polar surface area (TPSA) is 50.7 Å². The molecule has 0 saturated carbocycles. The van der Waals surface area contributed by atoms with Crippen molar-refractivity contribution < 1.29 is 0 Å². The van der Waals surface area contributed by atoms with E-state index in [4.69, 9.17) is 11.6 Å². The van der Waals surface area contributed by atoms with Gasteiger partial charge in [0.15, 0.2) is 10.8 Å². The quantitative estimate of drug-likeness (QED) is 0.925. The third kappa shape index (κ3) is 2.92. The number of aryl methyl sites for hydroxylation is 1. The Morgan fingerprint density at radius 2 is 2.24 bits per heavy atom. The molecule has 2 rings (SSSR count). The van der Waals surface area contributed by atoms with Gasteiger partial charge >= 0.3 is 0 Å². The number of hydrogen-bond donors (Lipinski definition) is 1. The molecule has 0 amide bonds. The van der Waals surface area contributed by atoms with Gasteiger partial charge in [-0.15, -0.1) is 0 Å². The molecule has 0 aliphatic carbocycles. The first-order chi connectivity index (χ1) is 8.22. The third-order valence-electron chi connectivity index (χ3n) is 2.21. The zero-order valence-electron chi connectivity index (χ0n) is 9.70. The molecule has 2 heterocycles. The lowest BCUT2D eigenvalue weighted by atomic mass is 10.2. The van der Waals surface area contributed by atoms with Crippen LogP contribution < -0.4 is 5.32 Å². The minimum Gasteiger partial charge on any atom is -0.373 e. The Labute approximate surface area is 109 Å². The van der Waals surface area contributed by atoms with E-state index in [2.05, 4.69) is 27.2 Å². The smallest absolute Gasteiger partial charge is 0.190 e. The van der Waals surface area contributed by atoms with E-state index in [1.807, 2.05) is 13.1 Å². The number of aromatic nitrogens is 3. The van der Waals surface area contributed by atoms with Crippen LogP contribution in [0.2, 0.25) is 4.34 Å². The minimum absolute atomic E-state index is 0.636. The van der Waals surface area contributed by atoms with Crippen molar-refractivity contribution in [2.45, 2.75) is 19.8 Å². The van der Waals surface area contributed by atoms with Crippen molar-refractivity contribution in [2.75, 3.05) is 12.4 Å². The monoisotopic (exact) mass is 268 g/mol. The van der Waals surface area contributed by atoms with E-state index < -0.39 is 0 Å². The molecule has 0 aliphatic heterocycles. The number of rotatable bonds is 4. The second-order valence-corrected chi connectivity index (χ2v) is 5.20. The largest absolute Gasteiger partial charge is 0.373 e. The Balaban J connectivity index is 2.42. The Morgan fingerprint density at radius 1 is 1.41 bits per heavy atom. The van der Waals surface area contributed by atoms with Gasteiger partial charge in [0.25, 0.3) is 0 Å². The Kier molecular flexibility index (Phi) is 3.91. The van der Waals surface area contributed by atoms with Gasteiger partial charge in [0.1, 0.15) is 10.2 Å². The van der Waals surface area contributed by atoms with Gasteiger partial charge in [-0.2, -0.15) is 0 Å². The van der Waals surface area contributed by atoms with Crippen molar-refractivity contribution in [1.82, 2.24) is 15.0 Å². The van der Waals surface area contributed by atoms with Crippen molar-refractivity contribution in [1.29, 1.82) is 0 Å². The summed E-state index contributed by atoms with van der Waals surface area (Å²) >= 11 is 7.26. The summed E-state index contributed by atoms with van der Waals surface area (Å²) in [5, 5.41) is 3.79. The predicted molar refractivity (Wildman–Crippen MR) is 71.7 cm³/mol. The van der Waals surface area contributed by atoms with Gasteiger partial charge in [0, 0.05) is 18.8 Å². The van der Waals surface area contributed by atoms with Gasteiger partial charge in [-0.05, 0) is 6.42 Å². The first kappa shape index (κ1) is 12.3. The summed E-state index contributed by atoms with van der Waals surface area (Å²) in [7, 11) is 1.84. The van der Waals surface area contributed by atoms with Crippen molar-refractivity contribution >= 4 is 28.8 Å². The van der Waals surface area contributed by atoms with Crippen LogP contribution in [0.5, 0.6) is 0 Å². The lowest BCUT2D eigenvalue weighted by molar-refractivity contribution is 0.875. The number of halogens is 1. The maximum absolute atomic E-state index is 5.87. The Morgan fingerprint density at radius 3 is 2.82 bits per heavy atom. The average molecular weight is 269 g/mol. The molecule has 2 aromatic rings. The summed E-state index contributed by atoms with van der Waals surface area (Å²) in [5.74, 6) is 1.45.